The normalized spacial score (nSPS) is 18.3. The lowest BCUT2D eigenvalue weighted by Gasteiger charge is -2.12. The predicted octanol–water partition coefficient (Wildman–Crippen LogP) is 2.91. The van der Waals surface area contributed by atoms with Gasteiger partial charge in [0.2, 0.25) is 0 Å². The van der Waals surface area contributed by atoms with Gasteiger partial charge in [-0.2, -0.15) is 11.8 Å². The maximum absolute atomic E-state index is 12.2. The van der Waals surface area contributed by atoms with E-state index in [2.05, 4.69) is 17.6 Å². The SMILES string of the molecule is CCNc1ccc(C(=O)NCC2CCSC2)c(C)c1. The molecule has 1 atom stereocenters. The van der Waals surface area contributed by atoms with E-state index in [0.29, 0.717) is 5.92 Å². The summed E-state index contributed by atoms with van der Waals surface area (Å²) in [4.78, 5) is 12.2. The average Bonchev–Trinajstić information content (AvgIpc) is 2.89. The second kappa shape index (κ2) is 6.85. The molecule has 19 heavy (non-hydrogen) atoms. The van der Waals surface area contributed by atoms with E-state index in [0.717, 1.165) is 29.9 Å². The minimum Gasteiger partial charge on any atom is -0.385 e. The van der Waals surface area contributed by atoms with Crippen molar-refractivity contribution in [1.29, 1.82) is 0 Å². The molecule has 4 heteroatoms. The molecule has 104 valence electrons. The van der Waals surface area contributed by atoms with Gasteiger partial charge in [-0.1, -0.05) is 0 Å². The Balaban J connectivity index is 1.94. The molecule has 3 nitrogen and oxygen atoms in total. The highest BCUT2D eigenvalue weighted by Gasteiger charge is 2.17. The van der Waals surface area contributed by atoms with Crippen molar-refractivity contribution in [2.75, 3.05) is 29.9 Å². The monoisotopic (exact) mass is 278 g/mol. The number of carbonyl (C=O) groups is 1. The number of hydrogen-bond acceptors (Lipinski definition) is 3. The van der Waals surface area contributed by atoms with Gasteiger partial charge in [-0.3, -0.25) is 4.79 Å². The Morgan fingerprint density at radius 3 is 2.95 bits per heavy atom. The summed E-state index contributed by atoms with van der Waals surface area (Å²) >= 11 is 1.98. The van der Waals surface area contributed by atoms with E-state index in [4.69, 9.17) is 0 Å². The minimum absolute atomic E-state index is 0.0532. The van der Waals surface area contributed by atoms with Crippen molar-refractivity contribution < 1.29 is 4.79 Å². The number of aryl methyl sites for hydroxylation is 1. The molecule has 0 saturated carbocycles. The lowest BCUT2D eigenvalue weighted by molar-refractivity contribution is 0.0948. The largest absolute Gasteiger partial charge is 0.385 e. The standard InChI is InChI=1S/C15H22N2OS/c1-3-16-13-4-5-14(11(2)8-13)15(18)17-9-12-6-7-19-10-12/h4-5,8,12,16H,3,6-7,9-10H2,1-2H3,(H,17,18). The van der Waals surface area contributed by atoms with Crippen LogP contribution < -0.4 is 10.6 Å². The minimum atomic E-state index is 0.0532. The Morgan fingerprint density at radius 1 is 1.47 bits per heavy atom. The van der Waals surface area contributed by atoms with Crippen LogP contribution in [0.1, 0.15) is 29.3 Å². The van der Waals surface area contributed by atoms with Gasteiger partial charge >= 0.3 is 0 Å². The van der Waals surface area contributed by atoms with Crippen LogP contribution in [0.15, 0.2) is 18.2 Å². The molecule has 1 amide bonds. The van der Waals surface area contributed by atoms with Crippen LogP contribution >= 0.6 is 11.8 Å². The molecule has 2 N–H and O–H groups in total. The molecule has 0 spiro atoms. The van der Waals surface area contributed by atoms with Gasteiger partial charge in [0.15, 0.2) is 0 Å². The summed E-state index contributed by atoms with van der Waals surface area (Å²) in [6, 6.07) is 5.91. The highest BCUT2D eigenvalue weighted by atomic mass is 32.2. The van der Waals surface area contributed by atoms with Crippen LogP contribution in [0.4, 0.5) is 5.69 Å². The first-order valence-corrected chi connectivity index (χ1v) is 8.06. The molecule has 0 aromatic heterocycles. The number of thioether (sulfide) groups is 1. The summed E-state index contributed by atoms with van der Waals surface area (Å²) in [6.45, 7) is 5.75. The molecule has 0 bridgehead atoms. The second-order valence-corrected chi connectivity index (χ2v) is 6.15. The molecule has 1 aliphatic heterocycles. The van der Waals surface area contributed by atoms with Gasteiger partial charge in [-0.15, -0.1) is 0 Å². The molecule has 1 aromatic rings. The van der Waals surface area contributed by atoms with Crippen molar-refractivity contribution in [3.05, 3.63) is 29.3 Å². The van der Waals surface area contributed by atoms with E-state index >= 15 is 0 Å². The Hall–Kier alpha value is -1.16. The average molecular weight is 278 g/mol. The molecule has 1 saturated heterocycles. The van der Waals surface area contributed by atoms with Gasteiger partial charge in [0.25, 0.3) is 5.91 Å². The van der Waals surface area contributed by atoms with E-state index in [1.54, 1.807) is 0 Å². The smallest absolute Gasteiger partial charge is 0.251 e. The van der Waals surface area contributed by atoms with Gasteiger partial charge in [0, 0.05) is 24.3 Å². The van der Waals surface area contributed by atoms with Gasteiger partial charge in [-0.05, 0) is 61.5 Å². The maximum Gasteiger partial charge on any atom is 0.251 e. The third kappa shape index (κ3) is 3.90. The summed E-state index contributed by atoms with van der Waals surface area (Å²) in [6.07, 6.45) is 1.23. The Morgan fingerprint density at radius 2 is 2.32 bits per heavy atom. The summed E-state index contributed by atoms with van der Waals surface area (Å²) in [5, 5.41) is 6.32. The van der Waals surface area contributed by atoms with Crippen LogP contribution in [0.5, 0.6) is 0 Å². The van der Waals surface area contributed by atoms with Gasteiger partial charge < -0.3 is 10.6 Å². The number of rotatable bonds is 5. The van der Waals surface area contributed by atoms with Crippen molar-refractivity contribution in [3.63, 3.8) is 0 Å². The van der Waals surface area contributed by atoms with Crippen LogP contribution in [0.25, 0.3) is 0 Å². The number of carbonyl (C=O) groups excluding carboxylic acids is 1. The van der Waals surface area contributed by atoms with Crippen molar-refractivity contribution in [2.45, 2.75) is 20.3 Å². The van der Waals surface area contributed by atoms with E-state index in [9.17, 15) is 4.79 Å². The number of anilines is 1. The molecule has 0 aliphatic carbocycles. The predicted molar refractivity (Wildman–Crippen MR) is 83.1 cm³/mol. The number of hydrogen-bond donors (Lipinski definition) is 2. The first-order chi connectivity index (χ1) is 9.20. The number of nitrogens with one attached hydrogen (secondary N) is 2. The summed E-state index contributed by atoms with van der Waals surface area (Å²) in [5.41, 5.74) is 2.88. The first kappa shape index (κ1) is 14.3. The Bertz CT molecular complexity index is 442. The second-order valence-electron chi connectivity index (χ2n) is 5.00. The van der Waals surface area contributed by atoms with Gasteiger partial charge in [-0.25, -0.2) is 0 Å². The fraction of sp³-hybridized carbons (Fsp3) is 0.533. The van der Waals surface area contributed by atoms with Crippen LogP contribution in [-0.2, 0) is 0 Å². The maximum atomic E-state index is 12.2. The molecular weight excluding hydrogens is 256 g/mol. The zero-order chi connectivity index (χ0) is 13.7. The number of amides is 1. The first-order valence-electron chi connectivity index (χ1n) is 6.91. The highest BCUT2D eigenvalue weighted by Crippen LogP contribution is 2.22. The van der Waals surface area contributed by atoms with E-state index in [1.165, 1.54) is 17.9 Å². The Labute approximate surface area is 119 Å². The summed E-state index contributed by atoms with van der Waals surface area (Å²) in [7, 11) is 0. The molecule has 1 unspecified atom stereocenters. The quantitative estimate of drug-likeness (QED) is 0.870. The summed E-state index contributed by atoms with van der Waals surface area (Å²) in [5.74, 6) is 3.11. The van der Waals surface area contributed by atoms with Gasteiger partial charge in [0.1, 0.15) is 0 Å². The van der Waals surface area contributed by atoms with Crippen molar-refractivity contribution in [3.8, 4) is 0 Å². The van der Waals surface area contributed by atoms with E-state index < -0.39 is 0 Å². The van der Waals surface area contributed by atoms with Crippen LogP contribution in [0.2, 0.25) is 0 Å². The van der Waals surface area contributed by atoms with Crippen molar-refractivity contribution in [2.24, 2.45) is 5.92 Å². The molecule has 1 aliphatic rings. The van der Waals surface area contributed by atoms with Crippen LogP contribution in [-0.4, -0.2) is 30.5 Å². The van der Waals surface area contributed by atoms with Crippen molar-refractivity contribution >= 4 is 23.4 Å². The van der Waals surface area contributed by atoms with Crippen LogP contribution in [0.3, 0.4) is 0 Å². The zero-order valence-electron chi connectivity index (χ0n) is 11.7. The molecule has 0 radical (unpaired) electrons. The van der Waals surface area contributed by atoms with Gasteiger partial charge in [0.05, 0.1) is 0 Å². The Kier molecular flexibility index (Phi) is 5.14. The highest BCUT2D eigenvalue weighted by molar-refractivity contribution is 7.99. The third-order valence-electron chi connectivity index (χ3n) is 3.43. The molecule has 1 fully saturated rings. The van der Waals surface area contributed by atoms with E-state index in [-0.39, 0.29) is 5.91 Å². The fourth-order valence-electron chi connectivity index (χ4n) is 2.31. The number of benzene rings is 1. The van der Waals surface area contributed by atoms with Crippen molar-refractivity contribution in [1.82, 2.24) is 5.32 Å². The third-order valence-corrected chi connectivity index (χ3v) is 4.66. The lowest BCUT2D eigenvalue weighted by atomic mass is 10.1. The molecule has 1 aromatic carbocycles. The fourth-order valence-corrected chi connectivity index (χ4v) is 3.59. The lowest BCUT2D eigenvalue weighted by Crippen LogP contribution is -2.29. The molecule has 1 heterocycles. The molecular formula is C15H22N2OS. The topological polar surface area (TPSA) is 41.1 Å². The summed E-state index contributed by atoms with van der Waals surface area (Å²) < 4.78 is 0. The molecule has 2 rings (SSSR count). The van der Waals surface area contributed by atoms with Crippen LogP contribution in [0, 0.1) is 12.8 Å². The van der Waals surface area contributed by atoms with E-state index in [1.807, 2.05) is 36.9 Å². The zero-order valence-corrected chi connectivity index (χ0v) is 12.5.